The van der Waals surface area contributed by atoms with Crippen LogP contribution in [0.5, 0.6) is 0 Å². The highest BCUT2D eigenvalue weighted by Gasteiger charge is 2.19. The molecule has 5 nitrogen and oxygen atoms in total. The van der Waals surface area contributed by atoms with E-state index >= 15 is 0 Å². The number of hydrogen-bond acceptors (Lipinski definition) is 5. The van der Waals surface area contributed by atoms with Gasteiger partial charge < -0.3 is 10.3 Å². The standard InChI is InChI=1S/C23H25N3O2S2/c27-20(24-16-9-8-14-4-3-5-15(14)12-16)10-11-29-13-19-25-22(28)21-17-6-1-2-7-18(17)30-23(21)26-19/h8-9,12H,1-7,10-11,13H2,(H,24,27)(H,25,26,28). The fourth-order valence-corrected chi connectivity index (χ4v) is 6.57. The number of carbonyl (C=O) groups excluding carboxylic acids is 1. The lowest BCUT2D eigenvalue weighted by molar-refractivity contribution is -0.115. The fraction of sp³-hybridized carbons (Fsp3) is 0.435. The number of fused-ring (bicyclic) bond motifs is 4. The Labute approximate surface area is 183 Å². The Bertz CT molecular complexity index is 1170. The van der Waals surface area contributed by atoms with E-state index in [-0.39, 0.29) is 11.5 Å². The van der Waals surface area contributed by atoms with Gasteiger partial charge in [0.05, 0.1) is 11.1 Å². The number of hydrogen-bond donors (Lipinski definition) is 2. The first-order valence-electron chi connectivity index (χ1n) is 10.7. The summed E-state index contributed by atoms with van der Waals surface area (Å²) in [6.45, 7) is 0. The second kappa shape index (κ2) is 8.55. The number of amides is 1. The predicted octanol–water partition coefficient (Wildman–Crippen LogP) is 4.61. The fourth-order valence-electron chi connectivity index (χ4n) is 4.48. The monoisotopic (exact) mass is 439 g/mol. The van der Waals surface area contributed by atoms with Crippen LogP contribution in [-0.4, -0.2) is 21.6 Å². The molecule has 156 valence electrons. The van der Waals surface area contributed by atoms with Gasteiger partial charge in [0.15, 0.2) is 0 Å². The van der Waals surface area contributed by atoms with Crippen LogP contribution in [0.1, 0.15) is 53.1 Å². The summed E-state index contributed by atoms with van der Waals surface area (Å²) >= 11 is 3.31. The van der Waals surface area contributed by atoms with E-state index in [9.17, 15) is 9.59 Å². The van der Waals surface area contributed by atoms with Crippen molar-refractivity contribution in [1.29, 1.82) is 0 Å². The number of aromatic nitrogens is 2. The molecule has 7 heteroatoms. The number of anilines is 1. The zero-order valence-electron chi connectivity index (χ0n) is 16.9. The van der Waals surface area contributed by atoms with Gasteiger partial charge in [-0.15, -0.1) is 11.3 Å². The zero-order valence-corrected chi connectivity index (χ0v) is 18.5. The summed E-state index contributed by atoms with van der Waals surface area (Å²) in [5.41, 5.74) is 4.88. The van der Waals surface area contributed by atoms with Crippen LogP contribution in [0.3, 0.4) is 0 Å². The van der Waals surface area contributed by atoms with E-state index in [0.717, 1.165) is 48.0 Å². The van der Waals surface area contributed by atoms with E-state index in [1.165, 1.54) is 34.4 Å². The molecule has 1 aromatic carbocycles. The molecule has 0 saturated heterocycles. The number of rotatable bonds is 6. The molecule has 0 fully saturated rings. The lowest BCUT2D eigenvalue weighted by Gasteiger charge is -2.09. The molecule has 30 heavy (non-hydrogen) atoms. The van der Waals surface area contributed by atoms with Crippen molar-refractivity contribution < 1.29 is 4.79 Å². The summed E-state index contributed by atoms with van der Waals surface area (Å²) in [6.07, 6.45) is 8.33. The molecule has 5 rings (SSSR count). The van der Waals surface area contributed by atoms with E-state index in [1.807, 2.05) is 6.07 Å². The summed E-state index contributed by atoms with van der Waals surface area (Å²) < 4.78 is 0. The van der Waals surface area contributed by atoms with Crippen molar-refractivity contribution in [2.24, 2.45) is 0 Å². The summed E-state index contributed by atoms with van der Waals surface area (Å²) in [4.78, 5) is 34.7. The van der Waals surface area contributed by atoms with Gasteiger partial charge in [-0.1, -0.05) is 6.07 Å². The molecular weight excluding hydrogens is 414 g/mol. The maximum atomic E-state index is 12.6. The SMILES string of the molecule is O=C(CCSCc1nc2sc3c(c2c(=O)[nH]1)CCCC3)Nc1ccc2c(c1)CCC2. The minimum Gasteiger partial charge on any atom is -0.326 e. The second-order valence-electron chi connectivity index (χ2n) is 8.09. The first kappa shape index (κ1) is 19.8. The first-order chi connectivity index (χ1) is 14.7. The van der Waals surface area contributed by atoms with Crippen molar-refractivity contribution >= 4 is 44.9 Å². The number of aromatic amines is 1. The molecule has 0 bridgehead atoms. The van der Waals surface area contributed by atoms with Gasteiger partial charge in [0.1, 0.15) is 10.7 Å². The molecule has 0 saturated carbocycles. The van der Waals surface area contributed by atoms with E-state index in [1.54, 1.807) is 23.1 Å². The summed E-state index contributed by atoms with van der Waals surface area (Å²) in [6, 6.07) is 6.24. The summed E-state index contributed by atoms with van der Waals surface area (Å²) in [7, 11) is 0. The van der Waals surface area contributed by atoms with Crippen LogP contribution in [0, 0.1) is 0 Å². The van der Waals surface area contributed by atoms with Gasteiger partial charge in [-0.3, -0.25) is 9.59 Å². The van der Waals surface area contributed by atoms with Gasteiger partial charge in [0, 0.05) is 22.7 Å². The number of nitrogens with zero attached hydrogens (tertiary/aromatic N) is 1. The number of H-pyrrole nitrogens is 1. The Hall–Kier alpha value is -2.12. The third-order valence-electron chi connectivity index (χ3n) is 5.97. The van der Waals surface area contributed by atoms with E-state index < -0.39 is 0 Å². The molecule has 2 N–H and O–H groups in total. The Morgan fingerprint density at radius 1 is 1.13 bits per heavy atom. The highest BCUT2D eigenvalue weighted by molar-refractivity contribution is 7.98. The molecule has 2 aliphatic rings. The number of benzene rings is 1. The molecule has 0 aliphatic heterocycles. The van der Waals surface area contributed by atoms with Crippen LogP contribution >= 0.6 is 23.1 Å². The largest absolute Gasteiger partial charge is 0.326 e. The first-order valence-corrected chi connectivity index (χ1v) is 12.7. The molecule has 2 aromatic heterocycles. The minimum atomic E-state index is -0.00986. The van der Waals surface area contributed by atoms with Crippen LogP contribution in [0.4, 0.5) is 5.69 Å². The highest BCUT2D eigenvalue weighted by Crippen LogP contribution is 2.33. The summed E-state index contributed by atoms with van der Waals surface area (Å²) in [5, 5.41) is 3.81. The van der Waals surface area contributed by atoms with Crippen molar-refractivity contribution in [2.45, 2.75) is 57.1 Å². The molecule has 2 heterocycles. The van der Waals surface area contributed by atoms with Crippen molar-refractivity contribution in [3.63, 3.8) is 0 Å². The molecule has 2 aliphatic carbocycles. The van der Waals surface area contributed by atoms with Gasteiger partial charge in [0.25, 0.3) is 5.56 Å². The molecule has 0 atom stereocenters. The minimum absolute atomic E-state index is 0.00986. The van der Waals surface area contributed by atoms with Gasteiger partial charge in [-0.05, 0) is 73.8 Å². The molecule has 0 radical (unpaired) electrons. The maximum Gasteiger partial charge on any atom is 0.259 e. The van der Waals surface area contributed by atoms with Gasteiger partial charge in [-0.25, -0.2) is 4.98 Å². The van der Waals surface area contributed by atoms with Crippen LogP contribution in [0.15, 0.2) is 23.0 Å². The van der Waals surface area contributed by atoms with Gasteiger partial charge >= 0.3 is 0 Å². The van der Waals surface area contributed by atoms with Crippen molar-refractivity contribution in [1.82, 2.24) is 9.97 Å². The van der Waals surface area contributed by atoms with Crippen LogP contribution in [0.25, 0.3) is 10.2 Å². The number of carbonyl (C=O) groups is 1. The Morgan fingerprint density at radius 2 is 2.00 bits per heavy atom. The van der Waals surface area contributed by atoms with E-state index in [0.29, 0.717) is 23.8 Å². The third kappa shape index (κ3) is 4.05. The number of thioether (sulfide) groups is 1. The maximum absolute atomic E-state index is 12.6. The van der Waals surface area contributed by atoms with Crippen LogP contribution in [0.2, 0.25) is 0 Å². The molecule has 0 spiro atoms. The topological polar surface area (TPSA) is 74.8 Å². The normalized spacial score (nSPS) is 15.2. The van der Waals surface area contributed by atoms with Crippen molar-refractivity contribution in [3.05, 3.63) is 55.9 Å². The second-order valence-corrected chi connectivity index (χ2v) is 10.3. The smallest absolute Gasteiger partial charge is 0.259 e. The quantitative estimate of drug-likeness (QED) is 0.550. The average molecular weight is 440 g/mol. The Kier molecular flexibility index (Phi) is 5.65. The predicted molar refractivity (Wildman–Crippen MR) is 125 cm³/mol. The third-order valence-corrected chi connectivity index (χ3v) is 8.12. The number of thiophene rings is 1. The Morgan fingerprint density at radius 3 is 2.93 bits per heavy atom. The highest BCUT2D eigenvalue weighted by atomic mass is 32.2. The Balaban J connectivity index is 1.15. The van der Waals surface area contributed by atoms with Gasteiger partial charge in [0.2, 0.25) is 5.91 Å². The van der Waals surface area contributed by atoms with Crippen LogP contribution in [-0.2, 0) is 36.2 Å². The number of nitrogens with one attached hydrogen (secondary N) is 2. The van der Waals surface area contributed by atoms with Gasteiger partial charge in [-0.2, -0.15) is 11.8 Å². The van der Waals surface area contributed by atoms with E-state index in [4.69, 9.17) is 4.98 Å². The van der Waals surface area contributed by atoms with Crippen LogP contribution < -0.4 is 10.9 Å². The van der Waals surface area contributed by atoms with Crippen molar-refractivity contribution in [2.75, 3.05) is 11.1 Å². The molecular formula is C23H25N3O2S2. The lowest BCUT2D eigenvalue weighted by Crippen LogP contribution is -2.14. The lowest BCUT2D eigenvalue weighted by atomic mass is 9.97. The molecule has 0 unspecified atom stereocenters. The zero-order chi connectivity index (χ0) is 20.5. The van der Waals surface area contributed by atoms with Crippen molar-refractivity contribution in [3.8, 4) is 0 Å². The summed E-state index contributed by atoms with van der Waals surface area (Å²) in [5.74, 6) is 2.04. The van der Waals surface area contributed by atoms with E-state index in [2.05, 4.69) is 22.4 Å². The molecule has 1 amide bonds. The number of aryl methyl sites for hydroxylation is 4. The molecule has 3 aromatic rings. The average Bonchev–Trinajstić information content (AvgIpc) is 3.35.